The molecular weight excluding hydrogens is 344 g/mol. The molecule has 1 aliphatic rings. The fourth-order valence-electron chi connectivity index (χ4n) is 2.37. The summed E-state index contributed by atoms with van der Waals surface area (Å²) in [6.45, 7) is 0.530. The van der Waals surface area contributed by atoms with Crippen LogP contribution in [0.5, 0.6) is 0 Å². The summed E-state index contributed by atoms with van der Waals surface area (Å²) in [7, 11) is 1.84. The third-order valence-electron chi connectivity index (χ3n) is 3.66. The molecule has 1 saturated heterocycles. The first-order valence-corrected chi connectivity index (χ1v) is 9.59. The molecule has 1 fully saturated rings. The highest BCUT2D eigenvalue weighted by Crippen LogP contribution is 2.25. The summed E-state index contributed by atoms with van der Waals surface area (Å²) in [5.41, 5.74) is 1.61. The maximum atomic E-state index is 12.7. The zero-order chi connectivity index (χ0) is 16.4. The fraction of sp³-hybridized carbons (Fsp3) is 0.176. The number of benzene rings is 1. The van der Waals surface area contributed by atoms with E-state index in [-0.39, 0.29) is 5.91 Å². The molecule has 118 valence electrons. The summed E-state index contributed by atoms with van der Waals surface area (Å²) >= 11 is 8.77. The van der Waals surface area contributed by atoms with Crippen LogP contribution in [0.1, 0.15) is 10.4 Å². The number of carbonyl (C=O) groups excluding carboxylic acids is 1. The van der Waals surface area contributed by atoms with Gasteiger partial charge in [0.1, 0.15) is 5.70 Å². The number of amides is 1. The van der Waals surface area contributed by atoms with E-state index < -0.39 is 0 Å². The van der Waals surface area contributed by atoms with Crippen LogP contribution in [0.4, 0.5) is 0 Å². The number of hydrogen-bond acceptors (Lipinski definition) is 4. The Labute approximate surface area is 149 Å². The van der Waals surface area contributed by atoms with E-state index in [0.29, 0.717) is 17.4 Å². The molecule has 23 heavy (non-hydrogen) atoms. The number of thiophene rings is 1. The molecule has 0 bridgehead atoms. The van der Waals surface area contributed by atoms with Crippen molar-refractivity contribution in [2.24, 2.45) is 0 Å². The molecule has 0 unspecified atom stereocenters. The molecule has 1 aromatic heterocycles. The monoisotopic (exact) mass is 360 g/mol. The average Bonchev–Trinajstić information content (AvgIpc) is 3.15. The molecule has 1 aromatic carbocycles. The number of likely N-dealkylation sites (N-methyl/N-ethyl adjacent to an activating group) is 1. The molecule has 0 radical (unpaired) electrons. The molecule has 6 heteroatoms. The van der Waals surface area contributed by atoms with Crippen molar-refractivity contribution in [1.82, 2.24) is 9.80 Å². The first-order valence-electron chi connectivity index (χ1n) is 7.08. The lowest BCUT2D eigenvalue weighted by Gasteiger charge is -2.15. The van der Waals surface area contributed by atoms with E-state index in [9.17, 15) is 4.79 Å². The lowest BCUT2D eigenvalue weighted by molar-refractivity contribution is -0.122. The Morgan fingerprint density at radius 2 is 2.00 bits per heavy atom. The smallest absolute Gasteiger partial charge is 0.277 e. The second-order valence-electron chi connectivity index (χ2n) is 5.11. The van der Waals surface area contributed by atoms with Gasteiger partial charge in [0.25, 0.3) is 5.91 Å². The normalized spacial score (nSPS) is 16.7. The highest BCUT2D eigenvalue weighted by molar-refractivity contribution is 7.98. The van der Waals surface area contributed by atoms with E-state index in [2.05, 4.69) is 12.1 Å². The van der Waals surface area contributed by atoms with E-state index in [1.54, 1.807) is 32.9 Å². The third-order valence-corrected chi connectivity index (χ3v) is 5.76. The second-order valence-corrected chi connectivity index (χ2v) is 7.39. The van der Waals surface area contributed by atoms with Crippen molar-refractivity contribution in [3.63, 3.8) is 0 Å². The molecular formula is C17H16N2OS3. The minimum absolute atomic E-state index is 0.0418. The topological polar surface area (TPSA) is 23.6 Å². The minimum atomic E-state index is -0.0418. The van der Waals surface area contributed by atoms with Gasteiger partial charge in [-0.25, -0.2) is 0 Å². The average molecular weight is 361 g/mol. The number of carbonyl (C=O) groups is 1. The Hall–Kier alpha value is -1.63. The number of hydrogen-bond donors (Lipinski definition) is 0. The minimum Gasteiger partial charge on any atom is -0.317 e. The van der Waals surface area contributed by atoms with Crippen LogP contribution >= 0.6 is 35.3 Å². The predicted octanol–water partition coefficient (Wildman–Crippen LogP) is 4.07. The van der Waals surface area contributed by atoms with Crippen molar-refractivity contribution >= 4 is 52.4 Å². The van der Waals surface area contributed by atoms with Crippen LogP contribution in [0, 0.1) is 0 Å². The molecule has 0 atom stereocenters. The van der Waals surface area contributed by atoms with Gasteiger partial charge in [0.2, 0.25) is 0 Å². The summed E-state index contributed by atoms with van der Waals surface area (Å²) in [6.07, 6.45) is 3.94. The molecule has 3 rings (SSSR count). The van der Waals surface area contributed by atoms with Gasteiger partial charge in [0.05, 0.1) is 6.54 Å². The molecule has 0 N–H and O–H groups in total. The van der Waals surface area contributed by atoms with Gasteiger partial charge in [-0.15, -0.1) is 23.1 Å². The Kier molecular flexibility index (Phi) is 4.84. The van der Waals surface area contributed by atoms with E-state index in [1.807, 2.05) is 49.0 Å². The van der Waals surface area contributed by atoms with Crippen LogP contribution in [0.3, 0.4) is 0 Å². The molecule has 1 aliphatic heterocycles. The van der Waals surface area contributed by atoms with Crippen molar-refractivity contribution in [3.05, 3.63) is 57.9 Å². The Balaban J connectivity index is 1.85. The van der Waals surface area contributed by atoms with Gasteiger partial charge < -0.3 is 4.90 Å². The molecule has 0 aliphatic carbocycles. The maximum Gasteiger partial charge on any atom is 0.277 e. The Morgan fingerprint density at radius 3 is 2.61 bits per heavy atom. The number of thiocarbonyl (C=S) groups is 1. The highest BCUT2D eigenvalue weighted by atomic mass is 32.2. The van der Waals surface area contributed by atoms with Gasteiger partial charge in [-0.2, -0.15) is 0 Å². The quantitative estimate of drug-likeness (QED) is 0.466. The number of thioether (sulfide) groups is 1. The number of rotatable bonds is 4. The molecule has 3 nitrogen and oxygen atoms in total. The Morgan fingerprint density at radius 1 is 1.26 bits per heavy atom. The van der Waals surface area contributed by atoms with Crippen molar-refractivity contribution in [3.8, 4) is 0 Å². The largest absolute Gasteiger partial charge is 0.317 e. The van der Waals surface area contributed by atoms with Gasteiger partial charge in [0, 0.05) is 16.8 Å². The highest BCUT2D eigenvalue weighted by Gasteiger charge is 2.35. The third kappa shape index (κ3) is 3.34. The van der Waals surface area contributed by atoms with E-state index in [0.717, 1.165) is 10.4 Å². The van der Waals surface area contributed by atoms with E-state index in [1.165, 1.54) is 4.90 Å². The SMILES string of the molecule is CSc1ccc(/C=C2\C(=O)N(Cc3cccs3)C(=S)N2C)cc1. The van der Waals surface area contributed by atoms with Gasteiger partial charge in [-0.05, 0) is 53.7 Å². The zero-order valence-electron chi connectivity index (χ0n) is 12.9. The van der Waals surface area contributed by atoms with E-state index in [4.69, 9.17) is 12.2 Å². The molecule has 1 amide bonds. The van der Waals surface area contributed by atoms with Crippen LogP contribution < -0.4 is 0 Å². The van der Waals surface area contributed by atoms with Crippen LogP contribution in [0.15, 0.2) is 52.4 Å². The van der Waals surface area contributed by atoms with Gasteiger partial charge >= 0.3 is 0 Å². The van der Waals surface area contributed by atoms with Crippen LogP contribution in [0.2, 0.25) is 0 Å². The lowest BCUT2D eigenvalue weighted by Crippen LogP contribution is -2.30. The summed E-state index contributed by atoms with van der Waals surface area (Å²) < 4.78 is 0. The summed E-state index contributed by atoms with van der Waals surface area (Å²) in [5, 5.41) is 2.56. The molecule has 0 saturated carbocycles. The Bertz CT molecular complexity index is 751. The van der Waals surface area contributed by atoms with Crippen molar-refractivity contribution in [1.29, 1.82) is 0 Å². The maximum absolute atomic E-state index is 12.7. The van der Waals surface area contributed by atoms with Gasteiger partial charge in [-0.3, -0.25) is 9.69 Å². The molecule has 2 heterocycles. The van der Waals surface area contributed by atoms with Crippen LogP contribution in [-0.4, -0.2) is 34.1 Å². The molecule has 0 spiro atoms. The first-order chi connectivity index (χ1) is 11.1. The van der Waals surface area contributed by atoms with E-state index >= 15 is 0 Å². The van der Waals surface area contributed by atoms with Crippen molar-refractivity contribution < 1.29 is 4.79 Å². The van der Waals surface area contributed by atoms with Crippen LogP contribution in [0.25, 0.3) is 6.08 Å². The van der Waals surface area contributed by atoms with Gasteiger partial charge in [0.15, 0.2) is 5.11 Å². The zero-order valence-corrected chi connectivity index (χ0v) is 15.3. The summed E-state index contributed by atoms with van der Waals surface area (Å²) in [5.74, 6) is -0.0418. The fourth-order valence-corrected chi connectivity index (χ4v) is 3.71. The summed E-state index contributed by atoms with van der Waals surface area (Å²) in [4.78, 5) is 18.5. The lowest BCUT2D eigenvalue weighted by atomic mass is 10.2. The first kappa shape index (κ1) is 16.2. The number of nitrogens with zero attached hydrogens (tertiary/aromatic N) is 2. The van der Waals surface area contributed by atoms with Crippen molar-refractivity contribution in [2.75, 3.05) is 13.3 Å². The van der Waals surface area contributed by atoms with Crippen molar-refractivity contribution in [2.45, 2.75) is 11.4 Å². The second kappa shape index (κ2) is 6.86. The van der Waals surface area contributed by atoms with Crippen LogP contribution in [-0.2, 0) is 11.3 Å². The standard InChI is InChI=1S/C17H16N2OS3/c1-18-15(10-12-5-7-13(22-2)8-6-12)16(20)19(17(18)21)11-14-4-3-9-23-14/h3-10H,11H2,1-2H3/b15-10+. The predicted molar refractivity (Wildman–Crippen MR) is 101 cm³/mol. The summed E-state index contributed by atoms with van der Waals surface area (Å²) in [6, 6.07) is 12.1. The van der Waals surface area contributed by atoms with Gasteiger partial charge in [-0.1, -0.05) is 18.2 Å². The molecule has 2 aromatic rings.